The highest BCUT2D eigenvalue weighted by Gasteiger charge is 2.20. The van der Waals surface area contributed by atoms with Crippen LogP contribution < -0.4 is 20.1 Å². The third-order valence-electron chi connectivity index (χ3n) is 3.93. The Bertz CT molecular complexity index is 1160. The average molecular weight is 483 g/mol. The summed E-state index contributed by atoms with van der Waals surface area (Å²) in [6.45, 7) is 5.29. The van der Waals surface area contributed by atoms with Gasteiger partial charge < -0.3 is 19.3 Å². The van der Waals surface area contributed by atoms with Crippen molar-refractivity contribution in [2.75, 3.05) is 5.32 Å². The van der Waals surface area contributed by atoms with Crippen molar-refractivity contribution in [1.29, 1.82) is 0 Å². The van der Waals surface area contributed by atoms with Crippen LogP contribution in [0, 0.1) is 6.92 Å². The van der Waals surface area contributed by atoms with E-state index in [0.717, 1.165) is 11.3 Å². The fourth-order valence-electron chi connectivity index (χ4n) is 2.74. The normalized spacial score (nSPS) is 11.5. The fourth-order valence-corrected chi connectivity index (χ4v) is 4.34. The Hall–Kier alpha value is -2.42. The van der Waals surface area contributed by atoms with E-state index in [1.165, 1.54) is 30.5 Å². The maximum atomic E-state index is 12.7. The highest BCUT2D eigenvalue weighted by Crippen LogP contribution is 2.36. The molecule has 1 aromatic heterocycles. The molecule has 0 spiro atoms. The summed E-state index contributed by atoms with van der Waals surface area (Å²) in [6, 6.07) is 9.03. The van der Waals surface area contributed by atoms with Gasteiger partial charge in [-0.05, 0) is 56.7 Å². The molecule has 0 unspecified atom stereocenters. The number of anilines is 1. The van der Waals surface area contributed by atoms with E-state index in [0.29, 0.717) is 32.3 Å². The van der Waals surface area contributed by atoms with Crippen LogP contribution in [0.2, 0.25) is 4.34 Å². The van der Waals surface area contributed by atoms with Gasteiger partial charge in [0, 0.05) is 11.6 Å². The molecule has 3 rings (SSSR count). The van der Waals surface area contributed by atoms with Gasteiger partial charge in [-0.15, -0.1) is 0 Å². The third-order valence-corrected chi connectivity index (χ3v) is 6.09. The van der Waals surface area contributed by atoms with Gasteiger partial charge >= 0.3 is 7.60 Å². The summed E-state index contributed by atoms with van der Waals surface area (Å²) in [5, 5.41) is 2.96. The molecule has 0 aliphatic carbocycles. The first kappa shape index (κ1) is 23.2. The van der Waals surface area contributed by atoms with Crippen LogP contribution in [-0.2, 0) is 4.57 Å². The van der Waals surface area contributed by atoms with Crippen molar-refractivity contribution >= 4 is 46.9 Å². The van der Waals surface area contributed by atoms with E-state index in [4.69, 9.17) is 21.1 Å². The van der Waals surface area contributed by atoms with Crippen molar-refractivity contribution in [3.63, 3.8) is 0 Å². The second-order valence-corrected chi connectivity index (χ2v) is 10.1. The van der Waals surface area contributed by atoms with Gasteiger partial charge in [-0.3, -0.25) is 14.7 Å². The number of rotatable bonds is 7. The van der Waals surface area contributed by atoms with Gasteiger partial charge in [0.2, 0.25) is 0 Å². The summed E-state index contributed by atoms with van der Waals surface area (Å²) in [5.74, 6) is 0.690. The molecule has 11 heteroatoms. The van der Waals surface area contributed by atoms with Crippen LogP contribution in [0.25, 0.3) is 0 Å². The molecule has 1 heterocycles. The molecular weight excluding hydrogens is 463 g/mol. The lowest BCUT2D eigenvalue weighted by atomic mass is 10.2. The highest BCUT2D eigenvalue weighted by molar-refractivity contribution is 7.60. The molecule has 31 heavy (non-hydrogen) atoms. The Labute approximate surface area is 188 Å². The number of halogens is 1. The quantitative estimate of drug-likeness (QED) is 0.416. The van der Waals surface area contributed by atoms with Crippen LogP contribution in [0.4, 0.5) is 5.13 Å². The number of benzene rings is 2. The lowest BCUT2D eigenvalue weighted by Crippen LogP contribution is -2.13. The number of carbonyl (C=O) groups excluding carboxylic acids is 1. The van der Waals surface area contributed by atoms with Gasteiger partial charge in [-0.2, -0.15) is 0 Å². The molecule has 0 fully saturated rings. The van der Waals surface area contributed by atoms with Gasteiger partial charge in [0.25, 0.3) is 5.91 Å². The number of hydrogen-bond donors (Lipinski definition) is 3. The van der Waals surface area contributed by atoms with Crippen LogP contribution >= 0.6 is 30.5 Å². The van der Waals surface area contributed by atoms with Crippen molar-refractivity contribution in [2.24, 2.45) is 0 Å². The molecule has 1 amide bonds. The van der Waals surface area contributed by atoms with Crippen molar-refractivity contribution < 1.29 is 28.6 Å². The molecule has 0 aliphatic heterocycles. The average Bonchev–Trinajstić information content (AvgIpc) is 3.04. The van der Waals surface area contributed by atoms with Gasteiger partial charge in [-0.1, -0.05) is 22.9 Å². The van der Waals surface area contributed by atoms with Crippen molar-refractivity contribution in [1.82, 2.24) is 4.98 Å². The van der Waals surface area contributed by atoms with E-state index >= 15 is 0 Å². The van der Waals surface area contributed by atoms with Gasteiger partial charge in [-0.25, -0.2) is 4.98 Å². The SMILES string of the molecule is Cc1cc(Oc2cc(OC(C)C)cc(C(=O)Nc3ncc(Cl)s3)c2)ccc1P(=O)(O)O. The molecule has 3 aromatic rings. The molecule has 0 bridgehead atoms. The summed E-state index contributed by atoms with van der Waals surface area (Å²) in [7, 11) is -4.38. The molecule has 3 N–H and O–H groups in total. The van der Waals surface area contributed by atoms with Crippen molar-refractivity contribution in [3.05, 3.63) is 58.1 Å². The van der Waals surface area contributed by atoms with Gasteiger partial charge in [0.1, 0.15) is 21.6 Å². The van der Waals surface area contributed by atoms with E-state index in [1.807, 2.05) is 13.8 Å². The smallest absolute Gasteiger partial charge is 0.356 e. The minimum Gasteiger partial charge on any atom is -0.491 e. The van der Waals surface area contributed by atoms with Crippen molar-refractivity contribution in [2.45, 2.75) is 26.9 Å². The number of aromatic nitrogens is 1. The number of nitrogens with one attached hydrogen (secondary N) is 1. The lowest BCUT2D eigenvalue weighted by Gasteiger charge is -2.15. The maximum absolute atomic E-state index is 12.7. The van der Waals surface area contributed by atoms with E-state index in [-0.39, 0.29) is 17.0 Å². The van der Waals surface area contributed by atoms with E-state index in [9.17, 15) is 19.1 Å². The number of aryl methyl sites for hydroxylation is 1. The predicted molar refractivity (Wildman–Crippen MR) is 120 cm³/mol. The molecule has 0 saturated heterocycles. The molecule has 0 aliphatic rings. The maximum Gasteiger partial charge on any atom is 0.356 e. The monoisotopic (exact) mass is 482 g/mol. The number of hydrogen-bond acceptors (Lipinski definition) is 6. The first-order valence-corrected chi connectivity index (χ1v) is 11.9. The summed E-state index contributed by atoms with van der Waals surface area (Å²) < 4.78 is 23.5. The molecule has 0 atom stereocenters. The molecule has 8 nitrogen and oxygen atoms in total. The van der Waals surface area contributed by atoms with E-state index in [1.54, 1.807) is 19.1 Å². The minimum atomic E-state index is -4.38. The standard InChI is InChI=1S/C20H20ClN2O6PS/c1-11(2)28-15-7-13(19(24)23-20-22-10-18(21)31-20)8-16(9-15)29-14-4-5-17(12(3)6-14)30(25,26)27/h4-11H,1-3H3,(H,22,23,24)(H2,25,26,27). The van der Waals surface area contributed by atoms with Crippen LogP contribution in [0.5, 0.6) is 17.2 Å². The largest absolute Gasteiger partial charge is 0.491 e. The summed E-state index contributed by atoms with van der Waals surface area (Å²) in [6.07, 6.45) is 1.31. The zero-order valence-electron chi connectivity index (χ0n) is 16.8. The van der Waals surface area contributed by atoms with Gasteiger partial charge in [0.05, 0.1) is 17.6 Å². The second-order valence-electron chi connectivity index (χ2n) is 6.88. The number of carbonyl (C=O) groups is 1. The van der Waals surface area contributed by atoms with Crippen LogP contribution in [0.3, 0.4) is 0 Å². The Morgan fingerprint density at radius 3 is 2.45 bits per heavy atom. The second kappa shape index (κ2) is 9.38. The fraction of sp³-hybridized carbons (Fsp3) is 0.200. The number of ether oxygens (including phenoxy) is 2. The molecule has 164 valence electrons. The zero-order chi connectivity index (χ0) is 22.8. The first-order chi connectivity index (χ1) is 14.5. The lowest BCUT2D eigenvalue weighted by molar-refractivity contribution is 0.102. The van der Waals surface area contributed by atoms with Crippen LogP contribution in [0.1, 0.15) is 29.8 Å². The Morgan fingerprint density at radius 2 is 1.87 bits per heavy atom. The van der Waals surface area contributed by atoms with E-state index in [2.05, 4.69) is 10.3 Å². The Kier molecular flexibility index (Phi) is 7.03. The molecule has 0 radical (unpaired) electrons. The van der Waals surface area contributed by atoms with Crippen molar-refractivity contribution in [3.8, 4) is 17.2 Å². The van der Waals surface area contributed by atoms with Crippen LogP contribution in [-0.4, -0.2) is 26.8 Å². The molecular formula is C20H20ClN2O6PS. The molecule has 2 aromatic carbocycles. The summed E-state index contributed by atoms with van der Waals surface area (Å²) in [4.78, 5) is 35.5. The Balaban J connectivity index is 1.90. The first-order valence-electron chi connectivity index (χ1n) is 9.10. The zero-order valence-corrected chi connectivity index (χ0v) is 19.3. The summed E-state index contributed by atoms with van der Waals surface area (Å²) >= 11 is 6.99. The highest BCUT2D eigenvalue weighted by atomic mass is 35.5. The minimum absolute atomic E-state index is 0.0704. The third kappa shape index (κ3) is 6.29. The number of thiazole rings is 1. The Morgan fingerprint density at radius 1 is 1.16 bits per heavy atom. The number of amides is 1. The topological polar surface area (TPSA) is 118 Å². The van der Waals surface area contributed by atoms with Gasteiger partial charge in [0.15, 0.2) is 5.13 Å². The van der Waals surface area contributed by atoms with E-state index < -0.39 is 13.5 Å². The molecule has 0 saturated carbocycles. The predicted octanol–water partition coefficient (Wildman–Crippen LogP) is 4.74. The number of nitrogens with zero attached hydrogens (tertiary/aromatic N) is 1. The van der Waals surface area contributed by atoms with Crippen LogP contribution in [0.15, 0.2) is 42.6 Å². The summed E-state index contributed by atoms with van der Waals surface area (Å²) in [5.41, 5.74) is 0.669.